The Morgan fingerprint density at radius 2 is 1.53 bits per heavy atom. The van der Waals surface area contributed by atoms with Crippen molar-refractivity contribution in [1.29, 1.82) is 0 Å². The van der Waals surface area contributed by atoms with Crippen LogP contribution in [0.1, 0.15) is 17.2 Å². The minimum Gasteiger partial charge on any atom is -0.360 e. The number of hydrogen-bond acceptors (Lipinski definition) is 2. The van der Waals surface area contributed by atoms with Crippen LogP contribution in [0.2, 0.25) is 15.1 Å². The summed E-state index contributed by atoms with van der Waals surface area (Å²) in [7, 11) is 0. The van der Waals surface area contributed by atoms with Gasteiger partial charge in [0.1, 0.15) is 0 Å². The van der Waals surface area contributed by atoms with Crippen LogP contribution in [-0.2, 0) is 6.18 Å². The normalized spacial score (nSPS) is 16.5. The molecule has 1 fully saturated rings. The first kappa shape index (κ1) is 24.5. The molecule has 34 heavy (non-hydrogen) atoms. The Kier molecular flexibility index (Phi) is 7.17. The van der Waals surface area contributed by atoms with Gasteiger partial charge in [0, 0.05) is 35.4 Å². The van der Waals surface area contributed by atoms with Crippen molar-refractivity contribution < 1.29 is 18.0 Å². The van der Waals surface area contributed by atoms with Gasteiger partial charge in [0.15, 0.2) is 0 Å². The molecule has 0 spiro atoms. The summed E-state index contributed by atoms with van der Waals surface area (Å²) in [5.74, 6) is 0. The second kappa shape index (κ2) is 9.94. The summed E-state index contributed by atoms with van der Waals surface area (Å²) in [4.78, 5) is 16.7. The van der Waals surface area contributed by atoms with E-state index in [1.165, 1.54) is 12.1 Å². The number of amides is 2. The number of carbonyl (C=O) groups excluding carboxylic acids is 1. The second-order valence-corrected chi connectivity index (χ2v) is 9.09. The highest BCUT2D eigenvalue weighted by atomic mass is 35.5. The molecular formula is C24H19Cl3F3N3O. The Bertz CT molecular complexity index is 1170. The van der Waals surface area contributed by atoms with Crippen LogP contribution in [0.15, 0.2) is 66.7 Å². The topological polar surface area (TPSA) is 35.6 Å². The Morgan fingerprint density at radius 1 is 0.882 bits per heavy atom. The van der Waals surface area contributed by atoms with Gasteiger partial charge in [-0.2, -0.15) is 13.2 Å². The maximum absolute atomic E-state index is 12.9. The van der Waals surface area contributed by atoms with E-state index in [0.717, 1.165) is 23.4 Å². The number of carbonyl (C=O) groups is 1. The van der Waals surface area contributed by atoms with E-state index in [9.17, 15) is 18.0 Å². The van der Waals surface area contributed by atoms with E-state index >= 15 is 0 Å². The van der Waals surface area contributed by atoms with Gasteiger partial charge >= 0.3 is 12.2 Å². The molecule has 3 aromatic rings. The summed E-state index contributed by atoms with van der Waals surface area (Å²) in [5.41, 5.74) is 1.22. The van der Waals surface area contributed by atoms with Gasteiger partial charge in [0.2, 0.25) is 0 Å². The molecule has 0 bridgehead atoms. The van der Waals surface area contributed by atoms with Crippen molar-refractivity contribution in [2.75, 3.05) is 29.9 Å². The van der Waals surface area contributed by atoms with Gasteiger partial charge < -0.3 is 15.1 Å². The SMILES string of the molecule is O=C(Nc1ccc(C(F)(F)F)cc1)N1CCN(c2ccc(Cl)cc2Cl)C(c2ccc(Cl)cc2)C1. The molecule has 0 aliphatic carbocycles. The minimum atomic E-state index is -4.44. The maximum atomic E-state index is 12.9. The predicted octanol–water partition coefficient (Wildman–Crippen LogP) is 7.76. The van der Waals surface area contributed by atoms with Gasteiger partial charge in [-0.1, -0.05) is 46.9 Å². The summed E-state index contributed by atoms with van der Waals surface area (Å²) in [6.07, 6.45) is -4.44. The molecule has 3 aromatic carbocycles. The van der Waals surface area contributed by atoms with E-state index in [1.54, 1.807) is 29.2 Å². The fraction of sp³-hybridized carbons (Fsp3) is 0.208. The van der Waals surface area contributed by atoms with Crippen LogP contribution in [0.5, 0.6) is 0 Å². The maximum Gasteiger partial charge on any atom is 0.416 e. The molecular weight excluding hydrogens is 510 g/mol. The largest absolute Gasteiger partial charge is 0.416 e. The number of piperazine rings is 1. The van der Waals surface area contributed by atoms with E-state index < -0.39 is 17.8 Å². The van der Waals surface area contributed by atoms with Crippen LogP contribution in [0.25, 0.3) is 0 Å². The van der Waals surface area contributed by atoms with Gasteiger partial charge in [0.05, 0.1) is 22.3 Å². The first-order chi connectivity index (χ1) is 16.1. The Morgan fingerprint density at radius 3 is 2.15 bits per heavy atom. The van der Waals surface area contributed by atoms with Crippen LogP contribution < -0.4 is 10.2 Å². The highest BCUT2D eigenvalue weighted by Crippen LogP contribution is 2.37. The van der Waals surface area contributed by atoms with Crippen LogP contribution in [-0.4, -0.2) is 30.6 Å². The lowest BCUT2D eigenvalue weighted by atomic mass is 10.0. The van der Waals surface area contributed by atoms with E-state index in [0.29, 0.717) is 34.7 Å². The molecule has 10 heteroatoms. The third kappa shape index (κ3) is 5.54. The first-order valence-corrected chi connectivity index (χ1v) is 11.5. The van der Waals surface area contributed by atoms with E-state index in [-0.39, 0.29) is 11.7 Å². The number of rotatable bonds is 3. The van der Waals surface area contributed by atoms with Crippen molar-refractivity contribution in [1.82, 2.24) is 4.90 Å². The fourth-order valence-corrected chi connectivity index (χ4v) is 4.53. The zero-order valence-corrected chi connectivity index (χ0v) is 19.9. The highest BCUT2D eigenvalue weighted by Gasteiger charge is 2.33. The molecule has 1 heterocycles. The summed E-state index contributed by atoms with van der Waals surface area (Å²) >= 11 is 18.6. The number of urea groups is 1. The molecule has 0 saturated carbocycles. The smallest absolute Gasteiger partial charge is 0.360 e. The number of anilines is 2. The molecule has 4 rings (SSSR count). The Hall–Kier alpha value is -2.61. The van der Waals surface area contributed by atoms with Crippen LogP contribution in [0.4, 0.5) is 29.3 Å². The summed E-state index contributed by atoms with van der Waals surface area (Å²) in [6.45, 7) is 1.19. The van der Waals surface area contributed by atoms with Crippen LogP contribution in [0.3, 0.4) is 0 Å². The number of hydrogen-bond donors (Lipinski definition) is 1. The minimum absolute atomic E-state index is 0.233. The third-order valence-corrected chi connectivity index (χ3v) is 6.39. The molecule has 4 nitrogen and oxygen atoms in total. The Balaban J connectivity index is 1.55. The second-order valence-electron chi connectivity index (χ2n) is 7.81. The quantitative estimate of drug-likeness (QED) is 0.377. The molecule has 1 unspecified atom stereocenters. The zero-order valence-electron chi connectivity index (χ0n) is 17.6. The molecule has 1 N–H and O–H groups in total. The van der Waals surface area contributed by atoms with E-state index in [1.807, 2.05) is 18.2 Å². The first-order valence-electron chi connectivity index (χ1n) is 10.3. The summed E-state index contributed by atoms with van der Waals surface area (Å²) < 4.78 is 38.4. The molecule has 1 aliphatic rings. The standard InChI is InChI=1S/C24H19Cl3F3N3O/c25-17-5-1-15(2-6-17)22-14-32(11-12-33(22)21-10-7-18(26)13-20(21)27)23(34)31-19-8-3-16(4-9-19)24(28,29)30/h1-10,13,22H,11-12,14H2,(H,31,34). The molecule has 1 aliphatic heterocycles. The van der Waals surface area contributed by atoms with E-state index in [4.69, 9.17) is 34.8 Å². The van der Waals surface area contributed by atoms with Crippen LogP contribution in [0, 0.1) is 0 Å². The lowest BCUT2D eigenvalue weighted by Crippen LogP contribution is -2.51. The van der Waals surface area contributed by atoms with Gasteiger partial charge in [-0.3, -0.25) is 0 Å². The number of alkyl halides is 3. The van der Waals surface area contributed by atoms with Gasteiger partial charge in [-0.25, -0.2) is 4.79 Å². The van der Waals surface area contributed by atoms with Crippen LogP contribution >= 0.6 is 34.8 Å². The predicted molar refractivity (Wildman–Crippen MR) is 130 cm³/mol. The molecule has 0 aromatic heterocycles. The number of benzene rings is 3. The van der Waals surface area contributed by atoms with Crippen molar-refractivity contribution in [2.24, 2.45) is 0 Å². The highest BCUT2D eigenvalue weighted by molar-refractivity contribution is 6.36. The molecule has 1 atom stereocenters. The van der Waals surface area contributed by atoms with E-state index in [2.05, 4.69) is 10.2 Å². The molecule has 1 saturated heterocycles. The summed E-state index contributed by atoms with van der Waals surface area (Å²) in [6, 6.07) is 16.3. The van der Waals surface area contributed by atoms with Crippen molar-refractivity contribution >= 4 is 52.2 Å². The monoisotopic (exact) mass is 527 g/mol. The van der Waals surface area contributed by atoms with Gasteiger partial charge in [-0.05, 0) is 60.2 Å². The lowest BCUT2D eigenvalue weighted by molar-refractivity contribution is -0.137. The Labute approximate surface area is 209 Å². The number of nitrogens with zero attached hydrogens (tertiary/aromatic N) is 2. The van der Waals surface area contributed by atoms with Crippen molar-refractivity contribution in [3.05, 3.63) is 92.9 Å². The number of halogens is 6. The van der Waals surface area contributed by atoms with Crippen molar-refractivity contribution in [2.45, 2.75) is 12.2 Å². The average molecular weight is 529 g/mol. The fourth-order valence-electron chi connectivity index (χ4n) is 3.89. The van der Waals surface area contributed by atoms with Gasteiger partial charge in [-0.15, -0.1) is 0 Å². The number of nitrogens with one attached hydrogen (secondary N) is 1. The lowest BCUT2D eigenvalue weighted by Gasteiger charge is -2.43. The zero-order chi connectivity index (χ0) is 24.5. The third-order valence-electron chi connectivity index (χ3n) is 5.61. The average Bonchev–Trinajstić information content (AvgIpc) is 2.79. The molecule has 0 radical (unpaired) electrons. The van der Waals surface area contributed by atoms with Gasteiger partial charge in [0.25, 0.3) is 0 Å². The van der Waals surface area contributed by atoms with Crippen molar-refractivity contribution in [3.63, 3.8) is 0 Å². The van der Waals surface area contributed by atoms with Crippen molar-refractivity contribution in [3.8, 4) is 0 Å². The summed E-state index contributed by atoms with van der Waals surface area (Å²) in [5, 5.41) is 4.29. The molecule has 2 amide bonds. The molecule has 178 valence electrons.